The van der Waals surface area contributed by atoms with Crippen molar-refractivity contribution in [3.05, 3.63) is 39.8 Å². The van der Waals surface area contributed by atoms with Crippen LogP contribution in [0, 0.1) is 18.8 Å². The third-order valence-electron chi connectivity index (χ3n) is 6.12. The van der Waals surface area contributed by atoms with Crippen molar-refractivity contribution in [1.82, 2.24) is 19.7 Å². The topological polar surface area (TPSA) is 108 Å². The van der Waals surface area contributed by atoms with Crippen LogP contribution in [0.25, 0.3) is 21.8 Å². The normalized spacial score (nSPS) is 16.1. The molecule has 0 radical (unpaired) electrons. The molecular weight excluding hydrogens is 460 g/mol. The number of aryl methyl sites for hydroxylation is 2. The van der Waals surface area contributed by atoms with Crippen molar-refractivity contribution in [1.29, 1.82) is 0 Å². The van der Waals surface area contributed by atoms with Gasteiger partial charge in [-0.15, -0.1) is 0 Å². The summed E-state index contributed by atoms with van der Waals surface area (Å²) in [6.45, 7) is 8.57. The van der Waals surface area contributed by atoms with E-state index in [1.54, 1.807) is 4.57 Å². The molecule has 4 rings (SSSR count). The summed E-state index contributed by atoms with van der Waals surface area (Å²) >= 11 is 0. The molecule has 2 N–H and O–H groups in total. The third-order valence-corrected chi connectivity index (χ3v) is 6.12. The number of hydrogen-bond donors (Lipinski definition) is 2. The number of ether oxygens (including phenoxy) is 2. The molecule has 1 unspecified atom stereocenters. The maximum atomic E-state index is 13.7. The number of aliphatic hydroxyl groups is 1. The molecule has 192 valence electrons. The van der Waals surface area contributed by atoms with E-state index in [0.717, 1.165) is 41.4 Å². The van der Waals surface area contributed by atoms with Crippen molar-refractivity contribution in [2.75, 3.05) is 19.8 Å². The van der Waals surface area contributed by atoms with Crippen molar-refractivity contribution in [3.8, 4) is 11.8 Å². The number of benzene rings is 1. The predicted octanol–water partition coefficient (Wildman–Crippen LogP) is 3.62. The van der Waals surface area contributed by atoms with Gasteiger partial charge in [0.2, 0.25) is 0 Å². The van der Waals surface area contributed by atoms with Crippen LogP contribution >= 0.6 is 0 Å². The van der Waals surface area contributed by atoms with Gasteiger partial charge < -0.3 is 24.5 Å². The molecule has 3 heterocycles. The van der Waals surface area contributed by atoms with Crippen LogP contribution in [-0.2, 0) is 16.0 Å². The van der Waals surface area contributed by atoms with E-state index in [-0.39, 0.29) is 18.4 Å². The highest BCUT2D eigenvalue weighted by Crippen LogP contribution is 2.30. The van der Waals surface area contributed by atoms with Crippen LogP contribution in [0.15, 0.2) is 23.0 Å². The fourth-order valence-electron chi connectivity index (χ4n) is 4.55. The first-order valence-corrected chi connectivity index (χ1v) is 12.4. The van der Waals surface area contributed by atoms with E-state index in [9.17, 15) is 9.59 Å². The molecule has 1 amide bonds. The van der Waals surface area contributed by atoms with Gasteiger partial charge in [-0.3, -0.25) is 4.79 Å². The molecular formula is C27H34N4O5. The zero-order valence-corrected chi connectivity index (χ0v) is 21.4. The van der Waals surface area contributed by atoms with E-state index in [1.807, 2.05) is 50.6 Å². The van der Waals surface area contributed by atoms with E-state index in [1.165, 1.54) is 0 Å². The highest BCUT2D eigenvalue weighted by Gasteiger charge is 2.24. The van der Waals surface area contributed by atoms with Gasteiger partial charge in [0.1, 0.15) is 24.0 Å². The molecule has 1 aliphatic heterocycles. The molecule has 9 heteroatoms. The van der Waals surface area contributed by atoms with Crippen molar-refractivity contribution in [3.63, 3.8) is 0 Å². The standard InChI is InChI=1S/C27H34N4O5/c1-18-23-24(29-31(18)22-10-5-6-16-35-22)20-17-19(9-7-15-32)11-12-21(20)30(25(23)33)14-8-13-28-26(34)36-27(2,3)4/h11-12,17,22,32H,5-6,8,10,13-16H2,1-4H3,(H,28,34). The highest BCUT2D eigenvalue weighted by molar-refractivity contribution is 6.04. The molecule has 0 spiro atoms. The Morgan fingerprint density at radius 3 is 2.83 bits per heavy atom. The number of hydrogen-bond acceptors (Lipinski definition) is 6. The Balaban J connectivity index is 1.73. The van der Waals surface area contributed by atoms with Crippen LogP contribution in [-0.4, -0.2) is 50.9 Å². The van der Waals surface area contributed by atoms with Gasteiger partial charge in [0, 0.05) is 30.6 Å². The quantitative estimate of drug-likeness (QED) is 0.414. The lowest BCUT2D eigenvalue weighted by molar-refractivity contribution is -0.0402. The molecule has 1 atom stereocenters. The Morgan fingerprint density at radius 2 is 2.14 bits per heavy atom. The summed E-state index contributed by atoms with van der Waals surface area (Å²) in [5.41, 5.74) is 2.18. The Morgan fingerprint density at radius 1 is 1.33 bits per heavy atom. The average molecular weight is 495 g/mol. The Labute approximate surface area is 210 Å². The fourth-order valence-corrected chi connectivity index (χ4v) is 4.55. The van der Waals surface area contributed by atoms with Gasteiger partial charge in [-0.25, -0.2) is 9.48 Å². The number of nitrogens with zero attached hydrogens (tertiary/aromatic N) is 3. The van der Waals surface area contributed by atoms with E-state index in [0.29, 0.717) is 37.0 Å². The van der Waals surface area contributed by atoms with Crippen molar-refractivity contribution < 1.29 is 19.4 Å². The first-order valence-electron chi connectivity index (χ1n) is 12.4. The zero-order valence-electron chi connectivity index (χ0n) is 21.4. The lowest BCUT2D eigenvalue weighted by atomic mass is 10.1. The summed E-state index contributed by atoms with van der Waals surface area (Å²) in [6.07, 6.45) is 2.80. The van der Waals surface area contributed by atoms with Gasteiger partial charge >= 0.3 is 6.09 Å². The second kappa shape index (κ2) is 10.7. The van der Waals surface area contributed by atoms with Crippen LogP contribution in [0.1, 0.15) is 63.9 Å². The molecule has 36 heavy (non-hydrogen) atoms. The zero-order chi connectivity index (χ0) is 25.9. The van der Waals surface area contributed by atoms with Gasteiger partial charge in [0.15, 0.2) is 0 Å². The second-order valence-electron chi connectivity index (χ2n) is 10.0. The molecule has 1 saturated heterocycles. The first kappa shape index (κ1) is 25.7. The number of nitrogens with one attached hydrogen (secondary N) is 1. The van der Waals surface area contributed by atoms with Crippen LogP contribution in [0.3, 0.4) is 0 Å². The summed E-state index contributed by atoms with van der Waals surface area (Å²) < 4.78 is 14.8. The van der Waals surface area contributed by atoms with Gasteiger partial charge in [-0.1, -0.05) is 11.8 Å². The number of rotatable bonds is 5. The number of amides is 1. The minimum atomic E-state index is -0.571. The van der Waals surface area contributed by atoms with Crippen LogP contribution in [0.4, 0.5) is 4.79 Å². The smallest absolute Gasteiger partial charge is 0.407 e. The molecule has 9 nitrogen and oxygen atoms in total. The molecule has 1 fully saturated rings. The number of carbonyl (C=O) groups excluding carboxylic acids is 1. The van der Waals surface area contributed by atoms with Crippen LogP contribution in [0.5, 0.6) is 0 Å². The Hall–Kier alpha value is -3.35. The summed E-state index contributed by atoms with van der Waals surface area (Å²) in [5, 5.41) is 18.1. The maximum Gasteiger partial charge on any atom is 0.407 e. The number of fused-ring (bicyclic) bond motifs is 3. The van der Waals surface area contributed by atoms with E-state index in [2.05, 4.69) is 17.2 Å². The number of carbonyl (C=O) groups is 1. The summed E-state index contributed by atoms with van der Waals surface area (Å²) in [6, 6.07) is 5.61. The Kier molecular flexibility index (Phi) is 7.67. The van der Waals surface area contributed by atoms with Gasteiger partial charge in [0.05, 0.1) is 16.6 Å². The van der Waals surface area contributed by atoms with Crippen molar-refractivity contribution in [2.45, 2.75) is 71.8 Å². The average Bonchev–Trinajstić information content (AvgIpc) is 3.19. The minimum Gasteiger partial charge on any atom is -0.444 e. The lowest BCUT2D eigenvalue weighted by Gasteiger charge is -2.23. The fraction of sp³-hybridized carbons (Fsp3) is 0.519. The number of aliphatic hydroxyl groups excluding tert-OH is 1. The molecule has 0 bridgehead atoms. The minimum absolute atomic E-state index is 0.122. The first-order chi connectivity index (χ1) is 17.2. The van der Waals surface area contributed by atoms with Crippen LogP contribution in [0.2, 0.25) is 0 Å². The molecule has 1 aliphatic rings. The SMILES string of the molecule is Cc1c2c(=O)n(CCCNC(=O)OC(C)(C)C)c3ccc(C#CCO)cc3c2nn1C1CCCCO1. The van der Waals surface area contributed by atoms with Crippen molar-refractivity contribution >= 4 is 27.9 Å². The van der Waals surface area contributed by atoms with E-state index < -0.39 is 11.7 Å². The lowest BCUT2D eigenvalue weighted by Crippen LogP contribution is -2.33. The summed E-state index contributed by atoms with van der Waals surface area (Å²) in [5.74, 6) is 5.62. The van der Waals surface area contributed by atoms with Gasteiger partial charge in [0.25, 0.3) is 5.56 Å². The molecule has 0 saturated carbocycles. The monoisotopic (exact) mass is 494 g/mol. The molecule has 0 aliphatic carbocycles. The maximum absolute atomic E-state index is 13.7. The molecule has 1 aromatic carbocycles. The number of aromatic nitrogens is 3. The van der Waals surface area contributed by atoms with Crippen molar-refractivity contribution in [2.24, 2.45) is 0 Å². The number of alkyl carbamates (subject to hydrolysis) is 1. The Bertz CT molecular complexity index is 1380. The van der Waals surface area contributed by atoms with Crippen LogP contribution < -0.4 is 10.9 Å². The second-order valence-corrected chi connectivity index (χ2v) is 10.0. The van der Waals surface area contributed by atoms with Gasteiger partial charge in [-0.05, 0) is 71.6 Å². The third kappa shape index (κ3) is 5.55. The molecule has 2 aromatic heterocycles. The van der Waals surface area contributed by atoms with E-state index >= 15 is 0 Å². The molecule has 3 aromatic rings. The highest BCUT2D eigenvalue weighted by atomic mass is 16.6. The summed E-state index contributed by atoms with van der Waals surface area (Å²) in [7, 11) is 0. The predicted molar refractivity (Wildman–Crippen MR) is 138 cm³/mol. The largest absolute Gasteiger partial charge is 0.444 e. The summed E-state index contributed by atoms with van der Waals surface area (Å²) in [4.78, 5) is 25.7. The van der Waals surface area contributed by atoms with Gasteiger partial charge in [-0.2, -0.15) is 5.10 Å². The number of pyridine rings is 1. The van der Waals surface area contributed by atoms with E-state index in [4.69, 9.17) is 19.7 Å².